The van der Waals surface area contributed by atoms with Crippen LogP contribution in [-0.4, -0.2) is 50.3 Å². The fourth-order valence-corrected chi connectivity index (χ4v) is 2.83. The zero-order valence-corrected chi connectivity index (χ0v) is 17.2. The van der Waals surface area contributed by atoms with Crippen LogP contribution in [0.25, 0.3) is 0 Å². The molecule has 10 heteroatoms. The van der Waals surface area contributed by atoms with Crippen LogP contribution in [0.2, 0.25) is 5.02 Å². The number of aromatic nitrogens is 2. The lowest BCUT2D eigenvalue weighted by molar-refractivity contribution is -0.159. The maximum absolute atomic E-state index is 12.4. The molecule has 0 aliphatic rings. The van der Waals surface area contributed by atoms with Crippen molar-refractivity contribution in [2.45, 2.75) is 12.3 Å². The Morgan fingerprint density at radius 3 is 2.07 bits per heavy atom. The van der Waals surface area contributed by atoms with Crippen LogP contribution in [0.4, 0.5) is 5.95 Å². The predicted octanol–water partition coefficient (Wildman–Crippen LogP) is 2.54. The van der Waals surface area contributed by atoms with Crippen molar-refractivity contribution >= 4 is 29.5 Å². The number of carbonyl (C=O) groups excluding carboxylic acids is 2. The number of anilines is 1. The summed E-state index contributed by atoms with van der Waals surface area (Å²) >= 11 is 5.97. The van der Waals surface area contributed by atoms with E-state index in [1.54, 1.807) is 30.3 Å². The van der Waals surface area contributed by atoms with E-state index >= 15 is 0 Å². The maximum Gasteiger partial charge on any atom is 0.322 e. The monoisotopic (exact) mass is 423 g/mol. The molecule has 1 heterocycles. The molecule has 2 rings (SSSR count). The minimum atomic E-state index is -1.31. The Balaban J connectivity index is 2.47. The summed E-state index contributed by atoms with van der Waals surface area (Å²) in [6, 6.07) is 7.37. The van der Waals surface area contributed by atoms with E-state index in [1.807, 2.05) is 0 Å². The Bertz CT molecular complexity index is 813. The van der Waals surface area contributed by atoms with Crippen LogP contribution in [0.1, 0.15) is 23.6 Å². The number of nitrogens with zero attached hydrogens (tertiary/aromatic N) is 2. The molecule has 0 bridgehead atoms. The molecule has 1 N–H and O–H groups in total. The first-order valence-electron chi connectivity index (χ1n) is 8.51. The highest BCUT2D eigenvalue weighted by atomic mass is 35.5. The molecule has 0 spiro atoms. The number of methoxy groups -OCH3 is 4. The summed E-state index contributed by atoms with van der Waals surface area (Å²) < 4.78 is 20.0. The number of nitrogens with one attached hydrogen (secondary N) is 1. The summed E-state index contributed by atoms with van der Waals surface area (Å²) in [7, 11) is 5.33. The van der Waals surface area contributed by atoms with Crippen molar-refractivity contribution in [2.24, 2.45) is 5.92 Å². The number of ether oxygens (including phenoxy) is 4. The lowest BCUT2D eigenvalue weighted by Gasteiger charge is -2.25. The second-order valence-corrected chi connectivity index (χ2v) is 6.24. The van der Waals surface area contributed by atoms with Gasteiger partial charge in [-0.15, -0.1) is 0 Å². The van der Waals surface area contributed by atoms with Gasteiger partial charge >= 0.3 is 11.9 Å². The van der Waals surface area contributed by atoms with E-state index in [0.717, 1.165) is 0 Å². The van der Waals surface area contributed by atoms with Crippen LogP contribution < -0.4 is 5.32 Å². The van der Waals surface area contributed by atoms with E-state index in [0.29, 0.717) is 16.3 Å². The van der Waals surface area contributed by atoms with E-state index in [2.05, 4.69) is 15.3 Å². The molecule has 0 saturated heterocycles. The van der Waals surface area contributed by atoms with Gasteiger partial charge in [0, 0.05) is 25.4 Å². The lowest BCUT2D eigenvalue weighted by atomic mass is 9.93. The summed E-state index contributed by atoms with van der Waals surface area (Å²) in [4.78, 5) is 33.3. The Morgan fingerprint density at radius 2 is 1.55 bits per heavy atom. The van der Waals surface area contributed by atoms with Crippen LogP contribution in [0.5, 0.6) is 0 Å². The standard InChI is InChI=1S/C19H22ClN3O6/c1-26-16(24)14(17(25)27-2)15(11-5-7-12(20)8-6-11)23-19-21-10-9-13(22-19)18(28-3)29-4/h5-10,14-15,18H,1-4H3,(H,21,22,23)/t15-/m0/s1. The molecule has 9 nitrogen and oxygen atoms in total. The van der Waals surface area contributed by atoms with E-state index < -0.39 is 30.2 Å². The van der Waals surface area contributed by atoms with E-state index in [4.69, 9.17) is 30.5 Å². The molecule has 0 aliphatic carbocycles. The van der Waals surface area contributed by atoms with Crippen molar-refractivity contribution in [3.05, 3.63) is 52.8 Å². The molecule has 1 atom stereocenters. The quantitative estimate of drug-likeness (QED) is 0.369. The molecule has 29 heavy (non-hydrogen) atoms. The van der Waals surface area contributed by atoms with Gasteiger partial charge in [-0.2, -0.15) is 0 Å². The van der Waals surface area contributed by atoms with Crippen molar-refractivity contribution < 1.29 is 28.5 Å². The minimum absolute atomic E-state index is 0.152. The average molecular weight is 424 g/mol. The second-order valence-electron chi connectivity index (χ2n) is 5.81. The zero-order valence-electron chi connectivity index (χ0n) is 16.4. The normalized spacial score (nSPS) is 12.0. The molecule has 2 aromatic rings. The average Bonchev–Trinajstić information content (AvgIpc) is 2.74. The summed E-state index contributed by atoms with van der Waals surface area (Å²) in [5.41, 5.74) is 1.04. The van der Waals surface area contributed by atoms with Crippen LogP contribution in [0, 0.1) is 5.92 Å². The molecule has 0 saturated carbocycles. The first kappa shape index (κ1) is 22.5. The van der Waals surface area contributed by atoms with Gasteiger partial charge < -0.3 is 24.3 Å². The SMILES string of the molecule is COC(=O)C(C(=O)OC)[C@@H](Nc1nccc(C(OC)OC)n1)c1ccc(Cl)cc1. The minimum Gasteiger partial charge on any atom is -0.468 e. The van der Waals surface area contributed by atoms with Crippen LogP contribution in [-0.2, 0) is 28.5 Å². The second kappa shape index (κ2) is 10.7. The Labute approximate surface area is 173 Å². The molecular weight excluding hydrogens is 402 g/mol. The van der Waals surface area contributed by atoms with E-state index in [1.165, 1.54) is 34.6 Å². The van der Waals surface area contributed by atoms with Crippen LogP contribution >= 0.6 is 11.6 Å². The van der Waals surface area contributed by atoms with Crippen molar-refractivity contribution in [2.75, 3.05) is 33.8 Å². The largest absolute Gasteiger partial charge is 0.468 e. The smallest absolute Gasteiger partial charge is 0.322 e. The lowest BCUT2D eigenvalue weighted by Crippen LogP contribution is -2.36. The van der Waals surface area contributed by atoms with Crippen molar-refractivity contribution in [1.29, 1.82) is 0 Å². The number of benzene rings is 1. The number of carbonyl (C=O) groups is 2. The summed E-state index contributed by atoms with van der Waals surface area (Å²) in [6.45, 7) is 0. The third-order valence-electron chi connectivity index (χ3n) is 4.10. The predicted molar refractivity (Wildman–Crippen MR) is 104 cm³/mol. The van der Waals surface area contributed by atoms with Crippen LogP contribution in [0.15, 0.2) is 36.5 Å². The summed E-state index contributed by atoms with van der Waals surface area (Å²) in [6.07, 6.45) is 0.796. The van der Waals surface area contributed by atoms with E-state index in [9.17, 15) is 9.59 Å². The molecule has 0 aliphatic heterocycles. The highest BCUT2D eigenvalue weighted by Crippen LogP contribution is 2.29. The maximum atomic E-state index is 12.4. The van der Waals surface area contributed by atoms with Gasteiger partial charge in [0.2, 0.25) is 12.2 Å². The molecule has 0 radical (unpaired) electrons. The Kier molecular flexibility index (Phi) is 8.32. The number of hydrogen-bond acceptors (Lipinski definition) is 9. The number of halogens is 1. The molecular formula is C19H22ClN3O6. The summed E-state index contributed by atoms with van der Waals surface area (Å²) in [5, 5.41) is 3.51. The number of hydrogen-bond donors (Lipinski definition) is 1. The fourth-order valence-electron chi connectivity index (χ4n) is 2.70. The van der Waals surface area contributed by atoms with Gasteiger partial charge in [0.15, 0.2) is 5.92 Å². The van der Waals surface area contributed by atoms with Gasteiger partial charge in [-0.1, -0.05) is 23.7 Å². The molecule has 0 amide bonds. The van der Waals surface area contributed by atoms with Crippen molar-refractivity contribution in [1.82, 2.24) is 9.97 Å². The topological polar surface area (TPSA) is 109 Å². The molecule has 1 aromatic carbocycles. The van der Waals surface area contributed by atoms with Crippen LogP contribution in [0.3, 0.4) is 0 Å². The Hall–Kier alpha value is -2.75. The van der Waals surface area contributed by atoms with Crippen molar-refractivity contribution in [3.63, 3.8) is 0 Å². The Morgan fingerprint density at radius 1 is 0.966 bits per heavy atom. The van der Waals surface area contributed by atoms with Gasteiger partial charge in [0.1, 0.15) is 5.69 Å². The highest BCUT2D eigenvalue weighted by Gasteiger charge is 2.38. The molecule has 0 unspecified atom stereocenters. The number of esters is 2. The third kappa shape index (κ3) is 5.63. The van der Waals surface area contributed by atoms with Gasteiger partial charge in [-0.3, -0.25) is 9.59 Å². The van der Waals surface area contributed by atoms with Gasteiger partial charge in [0.25, 0.3) is 0 Å². The third-order valence-corrected chi connectivity index (χ3v) is 4.36. The molecule has 1 aromatic heterocycles. The first-order valence-corrected chi connectivity index (χ1v) is 8.89. The zero-order chi connectivity index (χ0) is 21.4. The summed E-state index contributed by atoms with van der Waals surface area (Å²) in [5.74, 6) is -2.70. The van der Waals surface area contributed by atoms with Gasteiger partial charge in [0.05, 0.1) is 20.3 Å². The van der Waals surface area contributed by atoms with E-state index in [-0.39, 0.29) is 5.95 Å². The fraction of sp³-hybridized carbons (Fsp3) is 0.368. The van der Waals surface area contributed by atoms with Gasteiger partial charge in [-0.25, -0.2) is 9.97 Å². The van der Waals surface area contributed by atoms with Gasteiger partial charge in [-0.05, 0) is 23.8 Å². The first-order chi connectivity index (χ1) is 13.9. The number of rotatable bonds is 9. The molecule has 0 fully saturated rings. The van der Waals surface area contributed by atoms with Crippen molar-refractivity contribution in [3.8, 4) is 0 Å². The molecule has 156 valence electrons. The highest BCUT2D eigenvalue weighted by molar-refractivity contribution is 6.30.